The molecule has 106 valence electrons. The normalized spacial score (nSPS) is 11.6. The van der Waals surface area contributed by atoms with Crippen LogP contribution in [0.5, 0.6) is 0 Å². The van der Waals surface area contributed by atoms with Gasteiger partial charge in [0.2, 0.25) is 0 Å². The van der Waals surface area contributed by atoms with Crippen molar-refractivity contribution in [2.45, 2.75) is 20.3 Å². The van der Waals surface area contributed by atoms with Gasteiger partial charge >= 0.3 is 0 Å². The minimum absolute atomic E-state index is 0.00148. The van der Waals surface area contributed by atoms with E-state index in [1.807, 2.05) is 36.4 Å². The predicted octanol–water partition coefficient (Wildman–Crippen LogP) is 4.38. The van der Waals surface area contributed by atoms with Gasteiger partial charge in [-0.15, -0.1) is 0 Å². The fourth-order valence-electron chi connectivity index (χ4n) is 2.10. The molecule has 2 aromatic carbocycles. The number of benzene rings is 2. The summed E-state index contributed by atoms with van der Waals surface area (Å²) in [5, 5.41) is 6.23. The lowest BCUT2D eigenvalue weighted by Gasteiger charge is -2.23. The molecule has 3 heteroatoms. The zero-order valence-corrected chi connectivity index (χ0v) is 13.5. The minimum atomic E-state index is -0.00148. The van der Waals surface area contributed by atoms with Crippen molar-refractivity contribution in [1.29, 1.82) is 0 Å². The second kappa shape index (κ2) is 6.40. The number of rotatable bonds is 5. The van der Waals surface area contributed by atoms with Gasteiger partial charge in [-0.05, 0) is 34.7 Å². The number of hydrogen-bond acceptors (Lipinski definition) is 1. The zero-order valence-electron chi connectivity index (χ0n) is 11.9. The Morgan fingerprint density at radius 2 is 1.85 bits per heavy atom. The second-order valence-electron chi connectivity index (χ2n) is 5.85. The van der Waals surface area contributed by atoms with Crippen molar-refractivity contribution in [3.8, 4) is 0 Å². The largest absolute Gasteiger partial charge is 0.352 e. The topological polar surface area (TPSA) is 29.1 Å². The number of nitrogens with one attached hydrogen (secondary N) is 1. The molecule has 1 N–H and O–H groups in total. The van der Waals surface area contributed by atoms with Crippen molar-refractivity contribution in [2.24, 2.45) is 5.41 Å². The lowest BCUT2D eigenvalue weighted by Crippen LogP contribution is -2.34. The van der Waals surface area contributed by atoms with Gasteiger partial charge in [-0.25, -0.2) is 0 Å². The van der Waals surface area contributed by atoms with E-state index in [1.165, 1.54) is 0 Å². The first kappa shape index (κ1) is 15.0. The molecule has 2 aromatic rings. The maximum atomic E-state index is 12.2. The van der Waals surface area contributed by atoms with Gasteiger partial charge in [0.05, 0.1) is 0 Å². The van der Waals surface area contributed by atoms with E-state index >= 15 is 0 Å². The standard InChI is InChI=1S/C17H20BrNO/c1-17(2,9-10-18)12-19-16(20)15-8-7-13-5-3-4-6-14(13)11-15/h3-8,11H,9-10,12H2,1-2H3,(H,19,20). The molecule has 0 fully saturated rings. The molecule has 0 saturated carbocycles. The Balaban J connectivity index is 2.08. The molecule has 0 aliphatic heterocycles. The van der Waals surface area contributed by atoms with Crippen molar-refractivity contribution in [3.63, 3.8) is 0 Å². The molecule has 0 radical (unpaired) electrons. The first-order valence-electron chi connectivity index (χ1n) is 6.85. The lowest BCUT2D eigenvalue weighted by molar-refractivity contribution is 0.0936. The van der Waals surface area contributed by atoms with Crippen LogP contribution in [0.2, 0.25) is 0 Å². The van der Waals surface area contributed by atoms with Crippen LogP contribution in [-0.4, -0.2) is 17.8 Å². The van der Waals surface area contributed by atoms with Crippen molar-refractivity contribution in [1.82, 2.24) is 5.32 Å². The fourth-order valence-corrected chi connectivity index (χ4v) is 3.17. The van der Waals surface area contributed by atoms with Crippen molar-refractivity contribution >= 4 is 32.6 Å². The summed E-state index contributed by atoms with van der Waals surface area (Å²) in [7, 11) is 0. The SMILES string of the molecule is CC(C)(CCBr)CNC(=O)c1ccc2ccccc2c1. The van der Waals surface area contributed by atoms with Gasteiger partial charge < -0.3 is 5.32 Å². The Morgan fingerprint density at radius 3 is 2.55 bits per heavy atom. The van der Waals surface area contributed by atoms with Crippen LogP contribution >= 0.6 is 15.9 Å². The molecule has 0 bridgehead atoms. The van der Waals surface area contributed by atoms with Crippen LogP contribution in [0.1, 0.15) is 30.6 Å². The average Bonchev–Trinajstić information content (AvgIpc) is 2.44. The quantitative estimate of drug-likeness (QED) is 0.808. The third-order valence-corrected chi connectivity index (χ3v) is 3.91. The molecule has 0 spiro atoms. The first-order chi connectivity index (χ1) is 9.52. The third kappa shape index (κ3) is 3.83. The zero-order chi connectivity index (χ0) is 14.6. The van der Waals surface area contributed by atoms with E-state index < -0.39 is 0 Å². The van der Waals surface area contributed by atoms with Crippen molar-refractivity contribution in [3.05, 3.63) is 48.0 Å². The molecule has 2 rings (SSSR count). The van der Waals surface area contributed by atoms with Crippen LogP contribution in [0.3, 0.4) is 0 Å². The third-order valence-electron chi connectivity index (χ3n) is 3.51. The monoisotopic (exact) mass is 333 g/mol. The second-order valence-corrected chi connectivity index (χ2v) is 6.64. The van der Waals surface area contributed by atoms with Gasteiger partial charge in [0, 0.05) is 17.4 Å². The van der Waals surface area contributed by atoms with Gasteiger partial charge in [-0.1, -0.05) is 60.1 Å². The smallest absolute Gasteiger partial charge is 0.251 e. The van der Waals surface area contributed by atoms with Crippen LogP contribution in [0.15, 0.2) is 42.5 Å². The van der Waals surface area contributed by atoms with Crippen LogP contribution in [0.4, 0.5) is 0 Å². The van der Waals surface area contributed by atoms with E-state index in [4.69, 9.17) is 0 Å². The number of fused-ring (bicyclic) bond motifs is 1. The molecular weight excluding hydrogens is 314 g/mol. The molecule has 0 aliphatic carbocycles. The van der Waals surface area contributed by atoms with E-state index in [1.54, 1.807) is 0 Å². The highest BCUT2D eigenvalue weighted by molar-refractivity contribution is 9.09. The summed E-state index contributed by atoms with van der Waals surface area (Å²) in [6.07, 6.45) is 1.03. The highest BCUT2D eigenvalue weighted by Crippen LogP contribution is 2.20. The van der Waals surface area contributed by atoms with Crippen molar-refractivity contribution < 1.29 is 4.79 Å². The van der Waals surface area contributed by atoms with Gasteiger partial charge in [-0.3, -0.25) is 4.79 Å². The highest BCUT2D eigenvalue weighted by atomic mass is 79.9. The molecule has 0 aliphatic rings. The Hall–Kier alpha value is -1.35. The van der Waals surface area contributed by atoms with E-state index in [9.17, 15) is 4.79 Å². The van der Waals surface area contributed by atoms with Crippen molar-refractivity contribution in [2.75, 3.05) is 11.9 Å². The number of carbonyl (C=O) groups is 1. The average molecular weight is 334 g/mol. The van der Waals surface area contributed by atoms with Gasteiger partial charge in [0.1, 0.15) is 0 Å². The Labute approximate surface area is 128 Å². The summed E-state index contributed by atoms with van der Waals surface area (Å²) >= 11 is 3.45. The summed E-state index contributed by atoms with van der Waals surface area (Å²) in [5.41, 5.74) is 0.828. The molecule has 0 heterocycles. The molecule has 0 saturated heterocycles. The number of alkyl halides is 1. The molecule has 2 nitrogen and oxygen atoms in total. The summed E-state index contributed by atoms with van der Waals surface area (Å²) in [6.45, 7) is 5.01. The number of amides is 1. The number of hydrogen-bond donors (Lipinski definition) is 1. The maximum Gasteiger partial charge on any atom is 0.251 e. The molecule has 1 amide bonds. The molecule has 0 aromatic heterocycles. The minimum Gasteiger partial charge on any atom is -0.352 e. The lowest BCUT2D eigenvalue weighted by atomic mass is 9.90. The summed E-state index contributed by atoms with van der Waals surface area (Å²) < 4.78 is 0. The highest BCUT2D eigenvalue weighted by Gasteiger charge is 2.18. The first-order valence-corrected chi connectivity index (χ1v) is 7.97. The Bertz CT molecular complexity index is 607. The molecule has 0 unspecified atom stereocenters. The van der Waals surface area contributed by atoms with Gasteiger partial charge in [0.25, 0.3) is 5.91 Å². The van der Waals surface area contributed by atoms with Crippen LogP contribution in [-0.2, 0) is 0 Å². The van der Waals surface area contributed by atoms with E-state index in [0.717, 1.165) is 28.1 Å². The van der Waals surface area contributed by atoms with E-state index in [0.29, 0.717) is 6.54 Å². The fraction of sp³-hybridized carbons (Fsp3) is 0.353. The predicted molar refractivity (Wildman–Crippen MR) is 88.5 cm³/mol. The van der Waals surface area contributed by atoms with Crippen LogP contribution < -0.4 is 5.32 Å². The summed E-state index contributed by atoms with van der Waals surface area (Å²) in [4.78, 5) is 12.2. The molecular formula is C17H20BrNO. The van der Waals surface area contributed by atoms with Gasteiger partial charge in [0.15, 0.2) is 0 Å². The van der Waals surface area contributed by atoms with E-state index in [-0.39, 0.29) is 11.3 Å². The maximum absolute atomic E-state index is 12.2. The van der Waals surface area contributed by atoms with Crippen LogP contribution in [0.25, 0.3) is 10.8 Å². The summed E-state index contributed by atoms with van der Waals surface area (Å²) in [6, 6.07) is 13.9. The van der Waals surface area contributed by atoms with E-state index in [2.05, 4.69) is 41.2 Å². The molecule has 20 heavy (non-hydrogen) atoms. The molecule has 0 atom stereocenters. The Kier molecular flexibility index (Phi) is 4.81. The Morgan fingerprint density at radius 1 is 1.15 bits per heavy atom. The number of halogens is 1. The number of carbonyl (C=O) groups excluding carboxylic acids is 1. The van der Waals surface area contributed by atoms with Crippen LogP contribution in [0, 0.1) is 5.41 Å². The van der Waals surface area contributed by atoms with Gasteiger partial charge in [-0.2, -0.15) is 0 Å². The summed E-state index contributed by atoms with van der Waals surface area (Å²) in [5.74, 6) is -0.00148.